The van der Waals surface area contributed by atoms with Crippen LogP contribution >= 0.6 is 0 Å². The third-order valence-corrected chi connectivity index (χ3v) is 9.55. The molecule has 1 N–H and O–H groups in total. The van der Waals surface area contributed by atoms with Crippen molar-refractivity contribution in [2.24, 2.45) is 0 Å². The predicted octanol–water partition coefficient (Wildman–Crippen LogP) is 2.83. The van der Waals surface area contributed by atoms with E-state index in [0.29, 0.717) is 43.8 Å². The number of amides is 4. The molecule has 4 heterocycles. The molecule has 4 amide bonds. The Morgan fingerprint density at radius 1 is 0.930 bits per heavy atom. The Bertz CT molecular complexity index is 1270. The first kappa shape index (κ1) is 29.9. The minimum atomic E-state index is -0.593. The topological polar surface area (TPSA) is 112 Å². The van der Waals surface area contributed by atoms with Gasteiger partial charge in [0.05, 0.1) is 12.2 Å². The predicted molar refractivity (Wildman–Crippen MR) is 160 cm³/mol. The molecule has 11 nitrogen and oxygen atoms in total. The van der Waals surface area contributed by atoms with Gasteiger partial charge in [-0.1, -0.05) is 0 Å². The summed E-state index contributed by atoms with van der Waals surface area (Å²) in [7, 11) is 0. The molecule has 1 atom stereocenters. The number of rotatable bonds is 5. The third kappa shape index (κ3) is 6.38. The molecule has 1 aliphatic carbocycles. The van der Waals surface area contributed by atoms with E-state index in [0.717, 1.165) is 68.7 Å². The molecular weight excluding hydrogens is 550 g/mol. The maximum atomic E-state index is 13.2. The summed E-state index contributed by atoms with van der Waals surface area (Å²) in [6.07, 6.45) is 4.74. The summed E-state index contributed by atoms with van der Waals surface area (Å²) in [4.78, 5) is 58.0. The first-order chi connectivity index (χ1) is 20.4. The van der Waals surface area contributed by atoms with Crippen LogP contribution in [0.2, 0.25) is 0 Å². The van der Waals surface area contributed by atoms with E-state index in [9.17, 15) is 19.2 Å². The Balaban J connectivity index is 0.953. The summed E-state index contributed by atoms with van der Waals surface area (Å²) in [5, 5.41) is 2.38. The normalized spacial score (nSPS) is 27.2. The Hall–Kier alpha value is -3.18. The van der Waals surface area contributed by atoms with Crippen LogP contribution in [0, 0.1) is 6.92 Å². The van der Waals surface area contributed by atoms with Crippen molar-refractivity contribution in [2.45, 2.75) is 103 Å². The molecule has 1 saturated carbocycles. The van der Waals surface area contributed by atoms with Crippen LogP contribution in [-0.4, -0.2) is 108 Å². The van der Waals surface area contributed by atoms with Gasteiger partial charge in [-0.15, -0.1) is 0 Å². The van der Waals surface area contributed by atoms with Gasteiger partial charge in [0.25, 0.3) is 5.91 Å². The molecule has 0 spiro atoms. The van der Waals surface area contributed by atoms with Crippen molar-refractivity contribution in [3.63, 3.8) is 0 Å². The Labute approximate surface area is 253 Å². The number of aryl methyl sites for hydroxylation is 1. The molecule has 0 bridgehead atoms. The summed E-state index contributed by atoms with van der Waals surface area (Å²) < 4.78 is 11.9. The van der Waals surface area contributed by atoms with Crippen molar-refractivity contribution in [1.82, 2.24) is 20.0 Å². The second-order valence-corrected chi connectivity index (χ2v) is 13.8. The van der Waals surface area contributed by atoms with E-state index in [1.165, 1.54) is 0 Å². The van der Waals surface area contributed by atoms with Gasteiger partial charge >= 0.3 is 6.09 Å². The lowest BCUT2D eigenvalue weighted by molar-refractivity contribution is -0.136. The van der Waals surface area contributed by atoms with Gasteiger partial charge in [-0.3, -0.25) is 24.6 Å². The van der Waals surface area contributed by atoms with Crippen LogP contribution in [0.4, 0.5) is 10.5 Å². The number of benzene rings is 1. The minimum absolute atomic E-state index is 0.117. The lowest BCUT2D eigenvalue weighted by Crippen LogP contribution is -2.56. The second kappa shape index (κ2) is 11.7. The summed E-state index contributed by atoms with van der Waals surface area (Å²) in [6, 6.07) is 4.17. The highest BCUT2D eigenvalue weighted by atomic mass is 16.6. The van der Waals surface area contributed by atoms with Crippen LogP contribution in [-0.2, 0) is 25.6 Å². The van der Waals surface area contributed by atoms with Crippen LogP contribution in [0.15, 0.2) is 12.1 Å². The second-order valence-electron chi connectivity index (χ2n) is 13.8. The van der Waals surface area contributed by atoms with E-state index in [1.54, 1.807) is 9.80 Å². The first-order valence-corrected chi connectivity index (χ1v) is 15.9. The number of imide groups is 1. The molecule has 1 aromatic rings. The summed E-state index contributed by atoms with van der Waals surface area (Å²) in [5.74, 6) is -0.766. The van der Waals surface area contributed by atoms with Gasteiger partial charge in [0, 0.05) is 69.5 Å². The highest BCUT2D eigenvalue weighted by Crippen LogP contribution is 2.35. The Morgan fingerprint density at radius 2 is 1.63 bits per heavy atom. The molecule has 0 aromatic heterocycles. The van der Waals surface area contributed by atoms with E-state index in [-0.39, 0.29) is 36.3 Å². The summed E-state index contributed by atoms with van der Waals surface area (Å²) in [6.45, 7) is 13.3. The van der Waals surface area contributed by atoms with Crippen LogP contribution < -0.4 is 10.2 Å². The van der Waals surface area contributed by atoms with Crippen LogP contribution in [0.5, 0.6) is 0 Å². The maximum absolute atomic E-state index is 13.2. The lowest BCUT2D eigenvalue weighted by Gasteiger charge is -2.47. The zero-order chi connectivity index (χ0) is 30.5. The molecule has 5 aliphatic rings. The van der Waals surface area contributed by atoms with E-state index < -0.39 is 11.6 Å². The number of carbonyl (C=O) groups is 4. The van der Waals surface area contributed by atoms with Crippen molar-refractivity contribution >= 4 is 29.5 Å². The van der Waals surface area contributed by atoms with Gasteiger partial charge in [0.1, 0.15) is 11.6 Å². The number of hydrogen-bond acceptors (Lipinski definition) is 8. The van der Waals surface area contributed by atoms with Crippen LogP contribution in [0.3, 0.4) is 0 Å². The molecule has 43 heavy (non-hydrogen) atoms. The number of hydrogen-bond donors (Lipinski definition) is 1. The number of nitrogens with one attached hydrogen (secondary N) is 1. The van der Waals surface area contributed by atoms with Crippen LogP contribution in [0.25, 0.3) is 0 Å². The summed E-state index contributed by atoms with van der Waals surface area (Å²) >= 11 is 0. The highest BCUT2D eigenvalue weighted by Gasteiger charge is 2.41. The average Bonchev–Trinajstić information content (AvgIpc) is 3.26. The molecule has 234 valence electrons. The number of likely N-dealkylation sites (tertiary alicyclic amines) is 1. The number of ether oxygens (including phenoxy) is 2. The fourth-order valence-corrected chi connectivity index (χ4v) is 7.15. The van der Waals surface area contributed by atoms with E-state index in [2.05, 4.69) is 27.2 Å². The third-order valence-electron chi connectivity index (χ3n) is 9.55. The molecule has 6 rings (SSSR count). The molecule has 4 fully saturated rings. The van der Waals surface area contributed by atoms with E-state index in [1.807, 2.05) is 27.7 Å². The summed E-state index contributed by atoms with van der Waals surface area (Å²) in [5.41, 5.74) is 3.25. The van der Waals surface area contributed by atoms with Crippen molar-refractivity contribution in [1.29, 1.82) is 0 Å². The fraction of sp³-hybridized carbons (Fsp3) is 0.688. The number of carbonyl (C=O) groups excluding carboxylic acids is 4. The molecule has 1 aromatic carbocycles. The Kier molecular flexibility index (Phi) is 8.14. The number of nitrogens with zero attached hydrogens (tertiary/aromatic N) is 4. The number of piperidine rings is 2. The van der Waals surface area contributed by atoms with Gasteiger partial charge in [0.2, 0.25) is 11.8 Å². The molecule has 4 aliphatic heterocycles. The van der Waals surface area contributed by atoms with Gasteiger partial charge < -0.3 is 24.2 Å². The first-order valence-electron chi connectivity index (χ1n) is 15.9. The van der Waals surface area contributed by atoms with Crippen molar-refractivity contribution in [2.75, 3.05) is 44.2 Å². The highest BCUT2D eigenvalue weighted by molar-refractivity contribution is 6.06. The fourth-order valence-electron chi connectivity index (χ4n) is 7.15. The minimum Gasteiger partial charge on any atom is -0.444 e. The van der Waals surface area contributed by atoms with Gasteiger partial charge in [-0.2, -0.15) is 0 Å². The van der Waals surface area contributed by atoms with Gasteiger partial charge in [0.15, 0.2) is 0 Å². The average molecular weight is 596 g/mol. The van der Waals surface area contributed by atoms with Crippen molar-refractivity contribution in [3.8, 4) is 0 Å². The van der Waals surface area contributed by atoms with E-state index in [4.69, 9.17) is 9.47 Å². The monoisotopic (exact) mass is 595 g/mol. The van der Waals surface area contributed by atoms with Crippen molar-refractivity contribution in [3.05, 3.63) is 28.8 Å². The standard InChI is InChI=1S/C32H45N5O6/c1-20-15-22(16-21-19-37(30(40)28(20)21)26-5-6-27(38)33-29(26)39)34-11-13-35(14-12-34)23-17-25(18-23)42-24-7-9-36(10-8-24)31(41)43-32(2,3)4/h15-16,23-26H,5-14,17-19H2,1-4H3,(H,33,38,39). The molecule has 1 unspecified atom stereocenters. The maximum Gasteiger partial charge on any atom is 0.410 e. The lowest BCUT2D eigenvalue weighted by atomic mass is 9.87. The zero-order valence-electron chi connectivity index (χ0n) is 25.9. The molecule has 11 heteroatoms. The number of fused-ring (bicyclic) bond motifs is 1. The van der Waals surface area contributed by atoms with Crippen LogP contribution in [0.1, 0.15) is 80.8 Å². The smallest absolute Gasteiger partial charge is 0.410 e. The van der Waals surface area contributed by atoms with E-state index >= 15 is 0 Å². The van der Waals surface area contributed by atoms with Crippen molar-refractivity contribution < 1.29 is 28.7 Å². The van der Waals surface area contributed by atoms with Gasteiger partial charge in [-0.25, -0.2) is 4.79 Å². The quantitative estimate of drug-likeness (QED) is 0.518. The Morgan fingerprint density at radius 3 is 2.28 bits per heavy atom. The SMILES string of the molecule is Cc1cc(N2CCN(C3CC(OC4CCN(C(=O)OC(C)(C)C)CC4)C3)CC2)cc2c1C(=O)N(C1CCC(=O)NC1=O)C2. The molecule has 3 saturated heterocycles. The zero-order valence-corrected chi connectivity index (χ0v) is 25.9. The largest absolute Gasteiger partial charge is 0.444 e. The van der Waals surface area contributed by atoms with Gasteiger partial charge in [-0.05, 0) is 83.1 Å². The molecule has 0 radical (unpaired) electrons. The number of piperazine rings is 1. The number of anilines is 1. The molecular formula is C32H45N5O6.